The van der Waals surface area contributed by atoms with E-state index in [-0.39, 0.29) is 23.4 Å². The van der Waals surface area contributed by atoms with Gasteiger partial charge in [0, 0.05) is 19.7 Å². The lowest BCUT2D eigenvalue weighted by atomic mass is 9.93. The molecule has 5 aromatic rings. The minimum absolute atomic E-state index is 0.125. The molecule has 0 saturated carbocycles. The smallest absolute Gasteiger partial charge is 0.338 e. The summed E-state index contributed by atoms with van der Waals surface area (Å²) in [5, 5.41) is 0. The van der Waals surface area contributed by atoms with Gasteiger partial charge in [0.05, 0.1) is 46.6 Å². The third kappa shape index (κ3) is 4.50. The number of carbonyl (C=O) groups excluding carboxylic acids is 1. The molecule has 3 heterocycles. The second kappa shape index (κ2) is 10.8. The molecule has 42 heavy (non-hydrogen) atoms. The first-order valence-corrected chi connectivity index (χ1v) is 14.2. The highest BCUT2D eigenvalue weighted by atomic mass is 32.1. The average Bonchev–Trinajstić information content (AvgIpc) is 3.44. The number of thiazole rings is 1. The molecule has 0 aliphatic carbocycles. The summed E-state index contributed by atoms with van der Waals surface area (Å²) in [6.45, 7) is 1.92. The van der Waals surface area contributed by atoms with E-state index in [1.54, 1.807) is 47.9 Å². The van der Waals surface area contributed by atoms with E-state index in [1.165, 1.54) is 11.3 Å². The lowest BCUT2D eigenvalue weighted by Gasteiger charge is -2.26. The Hall–Kier alpha value is -4.96. The predicted molar refractivity (Wildman–Crippen MR) is 162 cm³/mol. The molecule has 1 aliphatic heterocycles. The Morgan fingerprint density at radius 2 is 1.74 bits per heavy atom. The van der Waals surface area contributed by atoms with Crippen LogP contribution in [0.2, 0.25) is 0 Å². The highest BCUT2D eigenvalue weighted by Crippen LogP contribution is 2.36. The van der Waals surface area contributed by atoms with Crippen LogP contribution in [0.25, 0.3) is 22.8 Å². The summed E-state index contributed by atoms with van der Waals surface area (Å²) in [4.78, 5) is 45.5. The number of fused-ring (bicyclic) bond motifs is 2. The molecular weight excluding hydrogens is 552 g/mol. The molecule has 0 amide bonds. The summed E-state index contributed by atoms with van der Waals surface area (Å²) in [5.41, 5.74) is 4.06. The van der Waals surface area contributed by atoms with Gasteiger partial charge >= 0.3 is 11.7 Å². The lowest BCUT2D eigenvalue weighted by Crippen LogP contribution is -2.40. The second-order valence-corrected chi connectivity index (χ2v) is 10.9. The van der Waals surface area contributed by atoms with Crippen LogP contribution in [0.3, 0.4) is 0 Å². The van der Waals surface area contributed by atoms with E-state index in [9.17, 15) is 14.4 Å². The van der Waals surface area contributed by atoms with Gasteiger partial charge in [-0.3, -0.25) is 18.5 Å². The van der Waals surface area contributed by atoms with Crippen molar-refractivity contribution in [2.24, 2.45) is 19.1 Å². The van der Waals surface area contributed by atoms with E-state index in [2.05, 4.69) is 0 Å². The number of imidazole rings is 1. The molecule has 0 unspecified atom stereocenters. The van der Waals surface area contributed by atoms with Crippen molar-refractivity contribution >= 4 is 40.1 Å². The van der Waals surface area contributed by atoms with Crippen LogP contribution < -0.4 is 25.3 Å². The molecule has 0 saturated heterocycles. The monoisotopic (exact) mass is 580 g/mol. The van der Waals surface area contributed by atoms with Crippen LogP contribution in [0, 0.1) is 0 Å². The molecule has 1 atom stereocenters. The zero-order chi connectivity index (χ0) is 29.5. The van der Waals surface area contributed by atoms with Gasteiger partial charge in [-0.2, -0.15) is 0 Å². The number of aryl methyl sites for hydroxylation is 2. The molecular formula is C32H28N4O5S. The molecule has 212 valence electrons. The van der Waals surface area contributed by atoms with Crippen LogP contribution in [0.4, 0.5) is 0 Å². The maximum absolute atomic E-state index is 14.1. The van der Waals surface area contributed by atoms with Crippen LogP contribution in [0.15, 0.2) is 93.0 Å². The fourth-order valence-corrected chi connectivity index (χ4v) is 6.33. The van der Waals surface area contributed by atoms with Crippen molar-refractivity contribution in [1.82, 2.24) is 13.7 Å². The quantitative estimate of drug-likeness (QED) is 0.288. The van der Waals surface area contributed by atoms with Gasteiger partial charge in [-0.1, -0.05) is 59.9 Å². The number of ether oxygens (including phenoxy) is 2. The lowest BCUT2D eigenvalue weighted by molar-refractivity contribution is -0.138. The van der Waals surface area contributed by atoms with Gasteiger partial charge in [-0.25, -0.2) is 14.6 Å². The zero-order valence-corrected chi connectivity index (χ0v) is 24.3. The van der Waals surface area contributed by atoms with E-state index in [0.717, 1.165) is 22.2 Å². The summed E-state index contributed by atoms with van der Waals surface area (Å²) >= 11 is 1.25. The Morgan fingerprint density at radius 1 is 0.976 bits per heavy atom. The Bertz CT molecular complexity index is 2130. The average molecular weight is 581 g/mol. The topological polar surface area (TPSA) is 96.8 Å². The van der Waals surface area contributed by atoms with Crippen molar-refractivity contribution in [3.8, 4) is 5.75 Å². The number of hydrogen-bond donors (Lipinski definition) is 0. The molecule has 0 radical (unpaired) electrons. The molecule has 0 fully saturated rings. The fraction of sp³-hybridized carbons (Fsp3) is 0.188. The predicted octanol–water partition coefficient (Wildman–Crippen LogP) is 3.13. The molecule has 10 heteroatoms. The van der Waals surface area contributed by atoms with Crippen molar-refractivity contribution in [2.45, 2.75) is 13.0 Å². The van der Waals surface area contributed by atoms with Crippen LogP contribution >= 0.6 is 11.3 Å². The maximum Gasteiger partial charge on any atom is 0.338 e. The number of methoxy groups -OCH3 is 1. The van der Waals surface area contributed by atoms with Gasteiger partial charge in [-0.15, -0.1) is 0 Å². The molecule has 3 aromatic carbocycles. The number of aromatic nitrogens is 3. The van der Waals surface area contributed by atoms with Crippen molar-refractivity contribution < 1.29 is 14.3 Å². The standard InChI is InChI=1S/C32H28N4O5S/c1-5-41-30(38)26-27(20-10-7-6-8-11-20)33-31-36(28(26)21-12-9-13-22(18-21)40-4)29(37)25(42-31)17-19-14-15-23-24(16-19)35(3)32(39)34(23)2/h6-18,28H,5H2,1-4H3/b25-17+/t28-/m0/s1. The van der Waals surface area contributed by atoms with Crippen molar-refractivity contribution in [3.05, 3.63) is 125 Å². The van der Waals surface area contributed by atoms with Gasteiger partial charge in [0.1, 0.15) is 5.75 Å². The van der Waals surface area contributed by atoms with Crippen molar-refractivity contribution in [1.29, 1.82) is 0 Å². The summed E-state index contributed by atoms with van der Waals surface area (Å²) in [6, 6.07) is 21.6. The van der Waals surface area contributed by atoms with Crippen molar-refractivity contribution in [3.63, 3.8) is 0 Å². The molecule has 6 rings (SSSR count). The van der Waals surface area contributed by atoms with Gasteiger partial charge < -0.3 is 9.47 Å². The highest BCUT2D eigenvalue weighted by Gasteiger charge is 2.35. The van der Waals surface area contributed by atoms with E-state index in [0.29, 0.717) is 26.3 Å². The summed E-state index contributed by atoms with van der Waals surface area (Å²) in [7, 11) is 5.02. The summed E-state index contributed by atoms with van der Waals surface area (Å²) in [6.07, 6.45) is 1.79. The van der Waals surface area contributed by atoms with Gasteiger partial charge in [0.25, 0.3) is 5.56 Å². The number of nitrogens with zero attached hydrogens (tertiary/aromatic N) is 4. The van der Waals surface area contributed by atoms with E-state index in [1.807, 2.05) is 72.8 Å². The SMILES string of the molecule is CCOC(=O)C1=C(c2ccccc2)N=c2s/c(=C/c3ccc4c(c3)n(C)c(=O)n4C)c(=O)n2[C@H]1c1cccc(OC)c1. The van der Waals surface area contributed by atoms with E-state index in [4.69, 9.17) is 14.5 Å². The minimum Gasteiger partial charge on any atom is -0.497 e. The first-order chi connectivity index (χ1) is 20.3. The summed E-state index contributed by atoms with van der Waals surface area (Å²) in [5.74, 6) is 0.0514. The van der Waals surface area contributed by atoms with Gasteiger partial charge in [-0.05, 0) is 48.4 Å². The third-order valence-corrected chi connectivity index (χ3v) is 8.36. The minimum atomic E-state index is -0.801. The molecule has 9 nitrogen and oxygen atoms in total. The van der Waals surface area contributed by atoms with Crippen LogP contribution in [0.1, 0.15) is 29.7 Å². The number of esters is 1. The first-order valence-electron chi connectivity index (χ1n) is 13.4. The van der Waals surface area contributed by atoms with Crippen LogP contribution in [-0.4, -0.2) is 33.4 Å². The Labute approximate surface area is 244 Å². The number of benzene rings is 3. The van der Waals surface area contributed by atoms with Gasteiger partial charge in [0.2, 0.25) is 0 Å². The molecule has 0 spiro atoms. The number of carbonyl (C=O) groups is 1. The Morgan fingerprint density at radius 3 is 2.48 bits per heavy atom. The number of hydrogen-bond acceptors (Lipinski definition) is 7. The van der Waals surface area contributed by atoms with Crippen LogP contribution in [-0.2, 0) is 23.6 Å². The van der Waals surface area contributed by atoms with Crippen LogP contribution in [0.5, 0.6) is 5.75 Å². The normalized spacial score (nSPS) is 15.0. The van der Waals surface area contributed by atoms with E-state index >= 15 is 0 Å². The van der Waals surface area contributed by atoms with E-state index < -0.39 is 12.0 Å². The molecule has 1 aliphatic rings. The maximum atomic E-state index is 14.1. The molecule has 0 N–H and O–H groups in total. The highest BCUT2D eigenvalue weighted by molar-refractivity contribution is 7.07. The Kier molecular flexibility index (Phi) is 6.99. The van der Waals surface area contributed by atoms with Crippen molar-refractivity contribution in [2.75, 3.05) is 13.7 Å². The first kappa shape index (κ1) is 27.2. The molecule has 2 aromatic heterocycles. The largest absolute Gasteiger partial charge is 0.497 e. The second-order valence-electron chi connectivity index (χ2n) is 9.86. The Balaban J connectivity index is 1.64. The zero-order valence-electron chi connectivity index (χ0n) is 23.5. The molecule has 0 bridgehead atoms. The third-order valence-electron chi connectivity index (χ3n) is 7.38. The number of rotatable bonds is 6. The van der Waals surface area contributed by atoms with Gasteiger partial charge in [0.15, 0.2) is 4.80 Å². The summed E-state index contributed by atoms with van der Waals surface area (Å²) < 4.78 is 16.2. The fourth-order valence-electron chi connectivity index (χ4n) is 5.33.